The molecule has 0 aliphatic rings. The number of anilines is 1. The van der Waals surface area contributed by atoms with E-state index < -0.39 is 28.5 Å². The first-order chi connectivity index (χ1) is 18.4. The van der Waals surface area contributed by atoms with E-state index in [1.165, 1.54) is 17.0 Å². The first-order valence-electron chi connectivity index (χ1n) is 12.9. The Labute approximate surface area is 236 Å². The maximum Gasteiger partial charge on any atom is 0.264 e. The number of nitrogens with one attached hydrogen (secondary N) is 1. The second kappa shape index (κ2) is 13.1. The molecule has 3 rings (SSSR count). The molecule has 0 unspecified atom stereocenters. The number of benzene rings is 3. The van der Waals surface area contributed by atoms with Crippen molar-refractivity contribution in [3.8, 4) is 0 Å². The van der Waals surface area contributed by atoms with Crippen LogP contribution in [0, 0.1) is 0 Å². The van der Waals surface area contributed by atoms with Crippen LogP contribution in [-0.2, 0) is 26.2 Å². The van der Waals surface area contributed by atoms with Crippen molar-refractivity contribution in [1.82, 2.24) is 10.2 Å². The molecule has 0 saturated carbocycles. The minimum atomic E-state index is -4.09. The monoisotopic (exact) mass is 569 g/mol. The van der Waals surface area contributed by atoms with Gasteiger partial charge in [-0.3, -0.25) is 13.9 Å². The maximum atomic E-state index is 13.9. The summed E-state index contributed by atoms with van der Waals surface area (Å²) in [6.07, 6.45) is 0. The Kier molecular flexibility index (Phi) is 10.2. The number of amides is 2. The Morgan fingerprint density at radius 1 is 0.846 bits per heavy atom. The lowest BCUT2D eigenvalue weighted by atomic mass is 10.0. The van der Waals surface area contributed by atoms with Gasteiger partial charge in [0.1, 0.15) is 12.6 Å². The molecule has 2 amide bonds. The standard InChI is InChI=1S/C30H36ClN3O4S/c1-21(2)25-13-17-27(18-14-25)34(39(37,38)28-9-7-6-8-10-28)20-29(35)33(23(5)30(36)32-22(3)4)19-24-11-15-26(31)16-12-24/h6-18,21-23H,19-20H2,1-5H3,(H,32,36)/t23-/m0/s1. The largest absolute Gasteiger partial charge is 0.352 e. The van der Waals surface area contributed by atoms with Crippen LogP contribution in [0.15, 0.2) is 83.8 Å². The van der Waals surface area contributed by atoms with Gasteiger partial charge in [0.05, 0.1) is 10.6 Å². The Bertz CT molecular complexity index is 1360. The lowest BCUT2D eigenvalue weighted by Gasteiger charge is -2.32. The highest BCUT2D eigenvalue weighted by molar-refractivity contribution is 7.92. The average Bonchev–Trinajstić information content (AvgIpc) is 2.91. The van der Waals surface area contributed by atoms with Gasteiger partial charge in [0.2, 0.25) is 11.8 Å². The van der Waals surface area contributed by atoms with Crippen molar-refractivity contribution < 1.29 is 18.0 Å². The van der Waals surface area contributed by atoms with Gasteiger partial charge >= 0.3 is 0 Å². The van der Waals surface area contributed by atoms with Crippen molar-refractivity contribution in [2.45, 2.75) is 64.1 Å². The van der Waals surface area contributed by atoms with Crippen LogP contribution in [0.4, 0.5) is 5.69 Å². The Balaban J connectivity index is 2.02. The third-order valence-corrected chi connectivity index (χ3v) is 8.36. The summed E-state index contributed by atoms with van der Waals surface area (Å²) in [5.41, 5.74) is 2.17. The Morgan fingerprint density at radius 2 is 1.44 bits per heavy atom. The lowest BCUT2D eigenvalue weighted by Crippen LogP contribution is -2.52. The van der Waals surface area contributed by atoms with Crippen LogP contribution < -0.4 is 9.62 Å². The molecule has 0 radical (unpaired) electrons. The van der Waals surface area contributed by atoms with Gasteiger partial charge in [0.25, 0.3) is 10.0 Å². The summed E-state index contributed by atoms with van der Waals surface area (Å²) in [5.74, 6) is -0.579. The van der Waals surface area contributed by atoms with E-state index in [2.05, 4.69) is 19.2 Å². The summed E-state index contributed by atoms with van der Waals surface area (Å²) in [6.45, 7) is 9.04. The number of carbonyl (C=O) groups excluding carboxylic acids is 2. The molecule has 3 aromatic carbocycles. The third kappa shape index (κ3) is 7.83. The van der Waals surface area contributed by atoms with E-state index in [1.54, 1.807) is 61.5 Å². The van der Waals surface area contributed by atoms with Gasteiger partial charge in [-0.25, -0.2) is 8.42 Å². The molecule has 7 nitrogen and oxygen atoms in total. The molecule has 1 atom stereocenters. The highest BCUT2D eigenvalue weighted by Crippen LogP contribution is 2.26. The molecule has 0 aromatic heterocycles. The number of hydrogen-bond acceptors (Lipinski definition) is 4. The van der Waals surface area contributed by atoms with Crippen molar-refractivity contribution in [2.24, 2.45) is 0 Å². The van der Waals surface area contributed by atoms with E-state index in [1.807, 2.05) is 26.0 Å². The van der Waals surface area contributed by atoms with Gasteiger partial charge in [-0.1, -0.05) is 67.9 Å². The molecular weight excluding hydrogens is 534 g/mol. The normalized spacial score (nSPS) is 12.3. The average molecular weight is 570 g/mol. The highest BCUT2D eigenvalue weighted by atomic mass is 35.5. The van der Waals surface area contributed by atoms with Gasteiger partial charge in [-0.15, -0.1) is 0 Å². The van der Waals surface area contributed by atoms with Crippen molar-refractivity contribution in [1.29, 1.82) is 0 Å². The van der Waals surface area contributed by atoms with E-state index in [-0.39, 0.29) is 29.3 Å². The smallest absolute Gasteiger partial charge is 0.264 e. The molecule has 0 bridgehead atoms. The topological polar surface area (TPSA) is 86.8 Å². The third-order valence-electron chi connectivity index (χ3n) is 6.32. The molecule has 0 saturated heterocycles. The van der Waals surface area contributed by atoms with Gasteiger partial charge in [-0.2, -0.15) is 0 Å². The first kappa shape index (κ1) is 30.2. The van der Waals surface area contributed by atoms with E-state index in [4.69, 9.17) is 11.6 Å². The molecule has 0 fully saturated rings. The minimum Gasteiger partial charge on any atom is -0.352 e. The van der Waals surface area contributed by atoms with Crippen LogP contribution >= 0.6 is 11.6 Å². The number of nitrogens with zero attached hydrogens (tertiary/aromatic N) is 2. The summed E-state index contributed by atoms with van der Waals surface area (Å²) in [5, 5.41) is 3.39. The zero-order chi connectivity index (χ0) is 28.7. The molecule has 9 heteroatoms. The number of carbonyl (C=O) groups is 2. The fraction of sp³-hybridized carbons (Fsp3) is 0.333. The van der Waals surface area contributed by atoms with Gasteiger partial charge < -0.3 is 10.2 Å². The lowest BCUT2D eigenvalue weighted by molar-refractivity contribution is -0.139. The minimum absolute atomic E-state index is 0.0700. The maximum absolute atomic E-state index is 13.9. The molecule has 0 aliphatic carbocycles. The number of hydrogen-bond donors (Lipinski definition) is 1. The summed E-state index contributed by atoms with van der Waals surface area (Å²) in [7, 11) is -4.09. The zero-order valence-electron chi connectivity index (χ0n) is 23.0. The second-order valence-electron chi connectivity index (χ2n) is 10.1. The van der Waals surface area contributed by atoms with Crippen LogP contribution in [-0.4, -0.2) is 43.8 Å². The summed E-state index contributed by atoms with van der Waals surface area (Å²) < 4.78 is 28.7. The van der Waals surface area contributed by atoms with Crippen LogP contribution in [0.3, 0.4) is 0 Å². The summed E-state index contributed by atoms with van der Waals surface area (Å²) >= 11 is 6.04. The van der Waals surface area contributed by atoms with Gasteiger partial charge in [0.15, 0.2) is 0 Å². The number of sulfonamides is 1. The predicted molar refractivity (Wildman–Crippen MR) is 156 cm³/mol. The van der Waals surface area contributed by atoms with E-state index in [0.717, 1.165) is 15.4 Å². The number of halogens is 1. The molecule has 0 aliphatic heterocycles. The fourth-order valence-electron chi connectivity index (χ4n) is 4.05. The fourth-order valence-corrected chi connectivity index (χ4v) is 5.61. The van der Waals surface area contributed by atoms with Crippen LogP contribution in [0.5, 0.6) is 0 Å². The van der Waals surface area contributed by atoms with Crippen molar-refractivity contribution >= 4 is 39.1 Å². The van der Waals surface area contributed by atoms with Crippen molar-refractivity contribution in [3.05, 3.63) is 95.0 Å². The summed E-state index contributed by atoms with van der Waals surface area (Å²) in [4.78, 5) is 28.3. The quantitative estimate of drug-likeness (QED) is 0.326. The Hall–Kier alpha value is -3.36. The molecule has 208 valence electrons. The van der Waals surface area contributed by atoms with Crippen LogP contribution in [0.25, 0.3) is 0 Å². The van der Waals surface area contributed by atoms with Crippen LogP contribution in [0.1, 0.15) is 51.7 Å². The molecule has 39 heavy (non-hydrogen) atoms. The predicted octanol–water partition coefficient (Wildman–Crippen LogP) is 5.60. The molecule has 3 aromatic rings. The van der Waals surface area contributed by atoms with E-state index in [9.17, 15) is 18.0 Å². The first-order valence-corrected chi connectivity index (χ1v) is 14.7. The van der Waals surface area contributed by atoms with Crippen molar-refractivity contribution in [2.75, 3.05) is 10.8 Å². The highest BCUT2D eigenvalue weighted by Gasteiger charge is 2.32. The van der Waals surface area contributed by atoms with E-state index >= 15 is 0 Å². The second-order valence-corrected chi connectivity index (χ2v) is 12.4. The number of rotatable bonds is 11. The molecule has 0 heterocycles. The van der Waals surface area contributed by atoms with E-state index in [0.29, 0.717) is 10.7 Å². The van der Waals surface area contributed by atoms with Crippen LogP contribution in [0.2, 0.25) is 5.02 Å². The molecule has 1 N–H and O–H groups in total. The molecule has 0 spiro atoms. The summed E-state index contributed by atoms with van der Waals surface area (Å²) in [6, 6.07) is 21.2. The Morgan fingerprint density at radius 3 is 1.97 bits per heavy atom. The molecular formula is C30H36ClN3O4S. The SMILES string of the molecule is CC(C)NC(=O)[C@H](C)N(Cc1ccc(Cl)cc1)C(=O)CN(c1ccc(C(C)C)cc1)S(=O)(=O)c1ccccc1. The van der Waals surface area contributed by atoms with Gasteiger partial charge in [0, 0.05) is 17.6 Å². The van der Waals surface area contributed by atoms with Gasteiger partial charge in [-0.05, 0) is 74.2 Å². The van der Waals surface area contributed by atoms with Crippen molar-refractivity contribution in [3.63, 3.8) is 0 Å². The zero-order valence-corrected chi connectivity index (χ0v) is 24.5.